The molecule has 0 aliphatic heterocycles. The Balaban J connectivity index is 2.26. The van der Waals surface area contributed by atoms with Crippen LogP contribution in [0, 0.1) is 0 Å². The Hall–Kier alpha value is -1.38. The SMILES string of the molecule is CCC(C)NCC(O)COc1ccc(OCC(O)CNC(C)CN)cc1. The number of benzene rings is 1. The van der Waals surface area contributed by atoms with E-state index in [9.17, 15) is 10.2 Å². The molecule has 0 aliphatic carbocycles. The highest BCUT2D eigenvalue weighted by atomic mass is 16.5. The Bertz CT molecular complexity index is 429. The average molecular weight is 370 g/mol. The molecule has 1 aromatic rings. The van der Waals surface area contributed by atoms with Crippen molar-refractivity contribution in [2.24, 2.45) is 5.73 Å². The fourth-order valence-electron chi connectivity index (χ4n) is 2.04. The lowest BCUT2D eigenvalue weighted by Gasteiger charge is -2.17. The molecule has 0 heterocycles. The molecule has 7 nitrogen and oxygen atoms in total. The molecule has 0 aromatic heterocycles. The average Bonchev–Trinajstić information content (AvgIpc) is 2.67. The molecule has 0 bridgehead atoms. The third-order valence-electron chi connectivity index (χ3n) is 4.08. The molecule has 7 heteroatoms. The molecular formula is C19H35N3O4. The van der Waals surface area contributed by atoms with Crippen molar-refractivity contribution in [2.45, 2.75) is 51.5 Å². The summed E-state index contributed by atoms with van der Waals surface area (Å²) in [5.74, 6) is 1.32. The van der Waals surface area contributed by atoms with Gasteiger partial charge < -0.3 is 36.1 Å². The molecule has 150 valence electrons. The van der Waals surface area contributed by atoms with Crippen LogP contribution in [0.2, 0.25) is 0 Å². The van der Waals surface area contributed by atoms with E-state index in [2.05, 4.69) is 24.5 Å². The maximum Gasteiger partial charge on any atom is 0.119 e. The van der Waals surface area contributed by atoms with E-state index in [0.717, 1.165) is 6.42 Å². The number of aliphatic hydroxyl groups excluding tert-OH is 2. The number of nitrogens with one attached hydrogen (secondary N) is 2. The van der Waals surface area contributed by atoms with Crippen LogP contribution in [0.5, 0.6) is 11.5 Å². The van der Waals surface area contributed by atoms with E-state index in [1.807, 2.05) is 6.92 Å². The van der Waals surface area contributed by atoms with Gasteiger partial charge in [0.1, 0.15) is 36.9 Å². The fourth-order valence-corrected chi connectivity index (χ4v) is 2.04. The third kappa shape index (κ3) is 9.94. The van der Waals surface area contributed by atoms with Gasteiger partial charge in [-0.2, -0.15) is 0 Å². The van der Waals surface area contributed by atoms with Gasteiger partial charge in [-0.1, -0.05) is 6.92 Å². The summed E-state index contributed by atoms with van der Waals surface area (Å²) in [4.78, 5) is 0. The second kappa shape index (κ2) is 12.9. The first-order valence-electron chi connectivity index (χ1n) is 9.33. The van der Waals surface area contributed by atoms with Crippen LogP contribution in [-0.4, -0.2) is 67.4 Å². The minimum Gasteiger partial charge on any atom is -0.491 e. The first-order chi connectivity index (χ1) is 12.4. The summed E-state index contributed by atoms with van der Waals surface area (Å²) in [6.45, 7) is 8.03. The highest BCUT2D eigenvalue weighted by Gasteiger charge is 2.09. The van der Waals surface area contributed by atoms with Gasteiger partial charge in [-0.25, -0.2) is 0 Å². The Morgan fingerprint density at radius 3 is 1.69 bits per heavy atom. The zero-order valence-corrected chi connectivity index (χ0v) is 16.1. The van der Waals surface area contributed by atoms with Crippen LogP contribution in [-0.2, 0) is 0 Å². The largest absolute Gasteiger partial charge is 0.491 e. The molecule has 6 N–H and O–H groups in total. The topological polar surface area (TPSA) is 109 Å². The van der Waals surface area contributed by atoms with E-state index < -0.39 is 12.2 Å². The fraction of sp³-hybridized carbons (Fsp3) is 0.684. The van der Waals surface area contributed by atoms with Crippen molar-refractivity contribution in [3.8, 4) is 11.5 Å². The van der Waals surface area contributed by atoms with Gasteiger partial charge in [-0.05, 0) is 44.5 Å². The normalized spacial score (nSPS) is 15.9. The molecule has 0 amide bonds. The van der Waals surface area contributed by atoms with Crippen molar-refractivity contribution in [2.75, 3.05) is 32.8 Å². The van der Waals surface area contributed by atoms with Gasteiger partial charge in [0.25, 0.3) is 0 Å². The highest BCUT2D eigenvalue weighted by Crippen LogP contribution is 2.17. The number of hydrogen-bond acceptors (Lipinski definition) is 7. The molecule has 0 saturated carbocycles. The van der Waals surface area contributed by atoms with E-state index in [-0.39, 0.29) is 19.3 Å². The Morgan fingerprint density at radius 2 is 1.31 bits per heavy atom. The lowest BCUT2D eigenvalue weighted by Crippen LogP contribution is -2.40. The van der Waals surface area contributed by atoms with Gasteiger partial charge in [0.2, 0.25) is 0 Å². The van der Waals surface area contributed by atoms with Crippen LogP contribution in [0.3, 0.4) is 0 Å². The maximum atomic E-state index is 9.91. The molecule has 0 radical (unpaired) electrons. The lowest BCUT2D eigenvalue weighted by atomic mass is 10.2. The second-order valence-corrected chi connectivity index (χ2v) is 6.66. The standard InChI is InChI=1S/C19H35N3O4/c1-4-14(2)21-10-16(23)12-25-18-5-7-19(8-6-18)26-13-17(24)11-22-15(3)9-20/h5-8,14-17,21-24H,4,9-13,20H2,1-3H3. The number of nitrogens with two attached hydrogens (primary N) is 1. The summed E-state index contributed by atoms with van der Waals surface area (Å²) in [7, 11) is 0. The molecule has 0 aliphatic rings. The maximum absolute atomic E-state index is 9.91. The summed E-state index contributed by atoms with van der Waals surface area (Å²) < 4.78 is 11.1. The van der Waals surface area contributed by atoms with Crippen molar-refractivity contribution in [3.05, 3.63) is 24.3 Å². The minimum atomic E-state index is -0.604. The summed E-state index contributed by atoms with van der Waals surface area (Å²) in [5, 5.41) is 26.1. The third-order valence-corrected chi connectivity index (χ3v) is 4.08. The van der Waals surface area contributed by atoms with Crippen molar-refractivity contribution in [3.63, 3.8) is 0 Å². The monoisotopic (exact) mass is 369 g/mol. The van der Waals surface area contributed by atoms with E-state index in [1.165, 1.54) is 0 Å². The predicted octanol–water partition coefficient (Wildman–Crippen LogP) is 0.491. The van der Waals surface area contributed by atoms with Crippen molar-refractivity contribution >= 4 is 0 Å². The van der Waals surface area contributed by atoms with Gasteiger partial charge in [-0.15, -0.1) is 0 Å². The zero-order valence-electron chi connectivity index (χ0n) is 16.1. The van der Waals surface area contributed by atoms with E-state index >= 15 is 0 Å². The molecule has 4 unspecified atom stereocenters. The first-order valence-corrected chi connectivity index (χ1v) is 9.33. The van der Waals surface area contributed by atoms with Gasteiger partial charge in [0, 0.05) is 31.7 Å². The molecule has 4 atom stereocenters. The van der Waals surface area contributed by atoms with Gasteiger partial charge in [0.15, 0.2) is 0 Å². The minimum absolute atomic E-state index is 0.164. The smallest absolute Gasteiger partial charge is 0.119 e. The number of ether oxygens (including phenoxy) is 2. The molecule has 1 aromatic carbocycles. The quantitative estimate of drug-likeness (QED) is 0.325. The number of hydrogen-bond donors (Lipinski definition) is 5. The van der Waals surface area contributed by atoms with Crippen molar-refractivity contribution in [1.82, 2.24) is 10.6 Å². The van der Waals surface area contributed by atoms with Crippen LogP contribution in [0.4, 0.5) is 0 Å². The van der Waals surface area contributed by atoms with Crippen molar-refractivity contribution in [1.29, 1.82) is 0 Å². The summed E-state index contributed by atoms with van der Waals surface area (Å²) >= 11 is 0. The van der Waals surface area contributed by atoms with Crippen LogP contribution in [0.25, 0.3) is 0 Å². The Morgan fingerprint density at radius 1 is 0.885 bits per heavy atom. The van der Waals surface area contributed by atoms with Gasteiger partial charge >= 0.3 is 0 Å². The van der Waals surface area contributed by atoms with Crippen LogP contribution in [0.1, 0.15) is 27.2 Å². The highest BCUT2D eigenvalue weighted by molar-refractivity contribution is 5.31. The number of rotatable bonds is 14. The molecule has 26 heavy (non-hydrogen) atoms. The zero-order chi connectivity index (χ0) is 19.4. The predicted molar refractivity (Wildman–Crippen MR) is 104 cm³/mol. The van der Waals surface area contributed by atoms with Gasteiger partial charge in [-0.3, -0.25) is 0 Å². The molecule has 0 saturated heterocycles. The number of aliphatic hydroxyl groups is 2. The summed E-state index contributed by atoms with van der Waals surface area (Å²) in [6.07, 6.45) is -0.141. The molecule has 0 spiro atoms. The van der Waals surface area contributed by atoms with Crippen LogP contribution < -0.4 is 25.8 Å². The van der Waals surface area contributed by atoms with Crippen LogP contribution >= 0.6 is 0 Å². The van der Waals surface area contributed by atoms with E-state index in [1.54, 1.807) is 24.3 Å². The first kappa shape index (κ1) is 22.7. The summed E-state index contributed by atoms with van der Waals surface area (Å²) in [6, 6.07) is 7.67. The van der Waals surface area contributed by atoms with Crippen molar-refractivity contribution < 1.29 is 19.7 Å². The lowest BCUT2D eigenvalue weighted by molar-refractivity contribution is 0.102. The van der Waals surface area contributed by atoms with Crippen LogP contribution in [0.15, 0.2) is 24.3 Å². The Labute approximate surface area is 156 Å². The molecule has 1 rings (SSSR count). The van der Waals surface area contributed by atoms with E-state index in [0.29, 0.717) is 37.2 Å². The van der Waals surface area contributed by atoms with E-state index in [4.69, 9.17) is 15.2 Å². The second-order valence-electron chi connectivity index (χ2n) is 6.66. The molecular weight excluding hydrogens is 334 g/mol. The molecule has 0 fully saturated rings. The summed E-state index contributed by atoms with van der Waals surface area (Å²) in [5.41, 5.74) is 5.51. The van der Waals surface area contributed by atoms with Gasteiger partial charge in [0.05, 0.1) is 0 Å². The Kier molecular flexibility index (Phi) is 11.2.